The maximum Gasteiger partial charge on any atom is 0.242 e. The van der Waals surface area contributed by atoms with Gasteiger partial charge in [-0.05, 0) is 57.4 Å². The molecule has 180 valence electrons. The van der Waals surface area contributed by atoms with Crippen LogP contribution >= 0.6 is 11.3 Å². The molecule has 34 heavy (non-hydrogen) atoms. The van der Waals surface area contributed by atoms with E-state index >= 15 is 0 Å². The summed E-state index contributed by atoms with van der Waals surface area (Å²) in [6, 6.07) is 24.1. The van der Waals surface area contributed by atoms with Gasteiger partial charge in [0.25, 0.3) is 0 Å². The molecule has 5 heteroatoms. The number of nitrogens with zero attached hydrogens (tertiary/aromatic N) is 2. The largest absolute Gasteiger partial charge is 0.332 e. The summed E-state index contributed by atoms with van der Waals surface area (Å²) in [4.78, 5) is 33.5. The van der Waals surface area contributed by atoms with Crippen LogP contribution in [0.3, 0.4) is 0 Å². The van der Waals surface area contributed by atoms with E-state index < -0.39 is 5.54 Å². The standard InChI is InChI=1S/C29H36N2O2S/c1-6-26(24-15-11-8-12-16-24)28(33)31(29(3,4)5)21-27(32)30(19-23-13-9-7-10-14-23)20-25-18-17-22(2)34-25/h7-18,26H,6,19-21H2,1-5H3. The molecule has 1 aromatic heterocycles. The second kappa shape index (κ2) is 11.5. The molecule has 0 saturated heterocycles. The smallest absolute Gasteiger partial charge is 0.242 e. The molecule has 1 unspecified atom stereocenters. The molecular weight excluding hydrogens is 440 g/mol. The van der Waals surface area contributed by atoms with Crippen molar-refractivity contribution in [3.05, 3.63) is 93.7 Å². The Hall–Kier alpha value is -2.92. The summed E-state index contributed by atoms with van der Waals surface area (Å²) in [6.45, 7) is 11.2. The van der Waals surface area contributed by atoms with Crippen LogP contribution in [0.2, 0.25) is 0 Å². The average molecular weight is 477 g/mol. The number of rotatable bonds is 9. The highest BCUT2D eigenvalue weighted by atomic mass is 32.1. The molecule has 0 fully saturated rings. The molecule has 0 aliphatic carbocycles. The number of thiophene rings is 1. The van der Waals surface area contributed by atoms with Crippen LogP contribution in [0.4, 0.5) is 0 Å². The molecule has 4 nitrogen and oxygen atoms in total. The van der Waals surface area contributed by atoms with E-state index in [1.54, 1.807) is 16.2 Å². The van der Waals surface area contributed by atoms with Crippen LogP contribution in [0.5, 0.6) is 0 Å². The van der Waals surface area contributed by atoms with Gasteiger partial charge in [-0.2, -0.15) is 0 Å². The normalized spacial score (nSPS) is 12.3. The van der Waals surface area contributed by atoms with Gasteiger partial charge in [-0.15, -0.1) is 11.3 Å². The van der Waals surface area contributed by atoms with Crippen molar-refractivity contribution >= 4 is 23.2 Å². The Labute approximate surface area is 208 Å². The van der Waals surface area contributed by atoms with Crippen LogP contribution in [-0.2, 0) is 22.7 Å². The highest BCUT2D eigenvalue weighted by molar-refractivity contribution is 7.11. The second-order valence-electron chi connectivity index (χ2n) is 9.71. The van der Waals surface area contributed by atoms with Crippen LogP contribution < -0.4 is 0 Å². The number of aryl methyl sites for hydroxylation is 1. The first kappa shape index (κ1) is 25.7. The zero-order valence-corrected chi connectivity index (χ0v) is 21.8. The lowest BCUT2D eigenvalue weighted by molar-refractivity contribution is -0.146. The van der Waals surface area contributed by atoms with Crippen molar-refractivity contribution in [1.29, 1.82) is 0 Å². The van der Waals surface area contributed by atoms with Crippen LogP contribution in [0.1, 0.15) is 60.9 Å². The lowest BCUT2D eigenvalue weighted by atomic mass is 9.92. The SMILES string of the molecule is CCC(C(=O)N(CC(=O)N(Cc1ccccc1)Cc1ccc(C)s1)C(C)(C)C)c1ccccc1. The van der Waals surface area contributed by atoms with Crippen LogP contribution in [0.15, 0.2) is 72.8 Å². The quantitative estimate of drug-likeness (QED) is 0.358. The molecule has 2 amide bonds. The van der Waals surface area contributed by atoms with Gasteiger partial charge in [0.05, 0.1) is 12.5 Å². The van der Waals surface area contributed by atoms with E-state index in [-0.39, 0.29) is 24.3 Å². The first-order chi connectivity index (χ1) is 16.2. The Morgan fingerprint density at radius 3 is 2.03 bits per heavy atom. The Morgan fingerprint density at radius 2 is 1.50 bits per heavy atom. The lowest BCUT2D eigenvalue weighted by Crippen LogP contribution is -2.52. The number of hydrogen-bond donors (Lipinski definition) is 0. The first-order valence-corrected chi connectivity index (χ1v) is 12.7. The minimum atomic E-state index is -0.479. The van der Waals surface area contributed by atoms with Crippen molar-refractivity contribution in [1.82, 2.24) is 9.80 Å². The average Bonchev–Trinajstić information content (AvgIpc) is 3.22. The number of hydrogen-bond acceptors (Lipinski definition) is 3. The zero-order chi connectivity index (χ0) is 24.7. The van der Waals surface area contributed by atoms with Crippen molar-refractivity contribution in [3.8, 4) is 0 Å². The fraction of sp³-hybridized carbons (Fsp3) is 0.379. The molecule has 0 aliphatic heterocycles. The number of amides is 2. The van der Waals surface area contributed by atoms with Gasteiger partial charge in [0.2, 0.25) is 11.8 Å². The fourth-order valence-electron chi connectivity index (χ4n) is 4.10. The van der Waals surface area contributed by atoms with Crippen LogP contribution in [0, 0.1) is 6.92 Å². The summed E-state index contributed by atoms with van der Waals surface area (Å²) in [6.07, 6.45) is 0.686. The van der Waals surface area contributed by atoms with E-state index in [1.807, 2.05) is 93.3 Å². The molecule has 2 aromatic carbocycles. The van der Waals surface area contributed by atoms with Gasteiger partial charge in [0, 0.05) is 21.8 Å². The van der Waals surface area contributed by atoms with Gasteiger partial charge in [0.1, 0.15) is 6.54 Å². The molecule has 1 heterocycles. The van der Waals surface area contributed by atoms with E-state index in [2.05, 4.69) is 19.1 Å². The zero-order valence-electron chi connectivity index (χ0n) is 21.0. The summed E-state index contributed by atoms with van der Waals surface area (Å²) >= 11 is 1.71. The molecular formula is C29H36N2O2S. The second-order valence-corrected chi connectivity index (χ2v) is 11.1. The van der Waals surface area contributed by atoms with Gasteiger partial charge in [0.15, 0.2) is 0 Å². The van der Waals surface area contributed by atoms with Gasteiger partial charge in [-0.3, -0.25) is 9.59 Å². The maximum atomic E-state index is 13.8. The third-order valence-corrected chi connectivity index (χ3v) is 6.97. The molecule has 0 radical (unpaired) electrons. The van der Waals surface area contributed by atoms with Gasteiger partial charge in [-0.1, -0.05) is 67.6 Å². The van der Waals surface area contributed by atoms with Crippen LogP contribution in [0.25, 0.3) is 0 Å². The number of benzene rings is 2. The molecule has 0 N–H and O–H groups in total. The van der Waals surface area contributed by atoms with E-state index in [0.717, 1.165) is 16.0 Å². The highest BCUT2D eigenvalue weighted by Gasteiger charge is 2.34. The summed E-state index contributed by atoms with van der Waals surface area (Å²) in [7, 11) is 0. The van der Waals surface area contributed by atoms with Crippen molar-refractivity contribution in [3.63, 3.8) is 0 Å². The topological polar surface area (TPSA) is 40.6 Å². The van der Waals surface area contributed by atoms with Crippen molar-refractivity contribution < 1.29 is 9.59 Å². The van der Waals surface area contributed by atoms with Crippen LogP contribution in [-0.4, -0.2) is 33.7 Å². The molecule has 0 aliphatic rings. The summed E-state index contributed by atoms with van der Waals surface area (Å²) < 4.78 is 0. The minimum Gasteiger partial charge on any atom is -0.332 e. The van der Waals surface area contributed by atoms with Gasteiger partial charge < -0.3 is 9.80 Å². The Kier molecular flexibility index (Phi) is 8.67. The Bertz CT molecular complexity index is 1070. The summed E-state index contributed by atoms with van der Waals surface area (Å²) in [5, 5.41) is 0. The molecule has 0 saturated carbocycles. The fourth-order valence-corrected chi connectivity index (χ4v) is 5.01. The predicted octanol–water partition coefficient (Wildman–Crippen LogP) is 6.41. The van der Waals surface area contributed by atoms with E-state index in [0.29, 0.717) is 19.5 Å². The third kappa shape index (κ3) is 6.80. The molecule has 0 bridgehead atoms. The van der Waals surface area contributed by atoms with Gasteiger partial charge in [-0.25, -0.2) is 0 Å². The molecule has 3 aromatic rings. The molecule has 1 atom stereocenters. The maximum absolute atomic E-state index is 13.8. The predicted molar refractivity (Wildman–Crippen MR) is 141 cm³/mol. The number of carbonyl (C=O) groups excluding carboxylic acids is 2. The highest BCUT2D eigenvalue weighted by Crippen LogP contribution is 2.27. The Morgan fingerprint density at radius 1 is 0.882 bits per heavy atom. The van der Waals surface area contributed by atoms with Gasteiger partial charge >= 0.3 is 0 Å². The number of carbonyl (C=O) groups is 2. The monoisotopic (exact) mass is 476 g/mol. The first-order valence-electron chi connectivity index (χ1n) is 11.9. The Balaban J connectivity index is 1.86. The van der Waals surface area contributed by atoms with Crippen molar-refractivity contribution in [2.45, 2.75) is 65.6 Å². The molecule has 3 rings (SSSR count). The van der Waals surface area contributed by atoms with Crippen molar-refractivity contribution in [2.24, 2.45) is 0 Å². The summed E-state index contributed by atoms with van der Waals surface area (Å²) in [5.74, 6) is -0.307. The van der Waals surface area contributed by atoms with E-state index in [1.165, 1.54) is 4.88 Å². The molecule has 0 spiro atoms. The summed E-state index contributed by atoms with van der Waals surface area (Å²) in [5.41, 5.74) is 1.59. The minimum absolute atomic E-state index is 0.00109. The lowest BCUT2D eigenvalue weighted by Gasteiger charge is -2.39. The van der Waals surface area contributed by atoms with E-state index in [4.69, 9.17) is 0 Å². The van der Waals surface area contributed by atoms with Crippen molar-refractivity contribution in [2.75, 3.05) is 6.54 Å². The third-order valence-electron chi connectivity index (χ3n) is 5.99. The van der Waals surface area contributed by atoms with E-state index in [9.17, 15) is 9.59 Å².